The summed E-state index contributed by atoms with van der Waals surface area (Å²) in [4.78, 5) is 30.5. The molecule has 2 fully saturated rings. The highest BCUT2D eigenvalue weighted by molar-refractivity contribution is 7.09. The molecule has 0 radical (unpaired) electrons. The summed E-state index contributed by atoms with van der Waals surface area (Å²) in [5, 5.41) is 24.8. The number of ether oxygens (including phenoxy) is 2. The average Bonchev–Trinajstić information content (AvgIpc) is 3.22. The zero-order valence-corrected chi connectivity index (χ0v) is 23.0. The third-order valence-corrected chi connectivity index (χ3v) is 8.78. The first kappa shape index (κ1) is 28.3. The molecule has 35 heavy (non-hydrogen) atoms. The first-order chi connectivity index (χ1) is 16.2. The summed E-state index contributed by atoms with van der Waals surface area (Å²) >= 11 is 8.11. The number of carbonyl (C=O) groups excluding carboxylic acids is 2. The van der Waals surface area contributed by atoms with Crippen LogP contribution >= 0.6 is 22.9 Å². The molecule has 7 atom stereocenters. The maximum atomic E-state index is 13.2. The Bertz CT molecular complexity index is 961. The maximum Gasteiger partial charge on any atom is 0.309 e. The highest BCUT2D eigenvalue weighted by Gasteiger charge is 2.53. The van der Waals surface area contributed by atoms with Crippen molar-refractivity contribution in [3.8, 4) is 0 Å². The molecule has 2 N–H and O–H groups in total. The summed E-state index contributed by atoms with van der Waals surface area (Å²) in [7, 11) is 0. The monoisotopic (exact) mass is 527 g/mol. The van der Waals surface area contributed by atoms with E-state index in [0.29, 0.717) is 17.1 Å². The SMILES string of the molecule is Cc1nc(C=C(Cl)[C@@H]2C[C@@H]3O[C@@]3(C)CCC[C@H](C)[C@H](O)[C@@H](C)C(=O)C(C)(C)[C@@H](O)CC(=O)O2)cs1. The second-order valence-electron chi connectivity index (χ2n) is 10.9. The van der Waals surface area contributed by atoms with Gasteiger partial charge in [-0.3, -0.25) is 9.59 Å². The highest BCUT2D eigenvalue weighted by atomic mass is 35.5. The molecule has 0 spiro atoms. The Hall–Kier alpha value is -1.32. The fraction of sp³-hybridized carbons (Fsp3) is 0.731. The molecule has 3 heterocycles. The minimum atomic E-state index is -1.27. The van der Waals surface area contributed by atoms with Crippen LogP contribution in [0, 0.1) is 24.2 Å². The van der Waals surface area contributed by atoms with E-state index in [9.17, 15) is 19.8 Å². The number of aryl methyl sites for hydroxylation is 1. The van der Waals surface area contributed by atoms with Gasteiger partial charge in [0.1, 0.15) is 11.9 Å². The molecule has 0 saturated carbocycles. The summed E-state index contributed by atoms with van der Waals surface area (Å²) in [6, 6.07) is 0. The number of hydrogen-bond acceptors (Lipinski definition) is 8. The Morgan fingerprint density at radius 1 is 1.26 bits per heavy atom. The molecule has 0 aromatic carbocycles. The molecule has 1 aromatic rings. The first-order valence-electron chi connectivity index (χ1n) is 12.3. The Morgan fingerprint density at radius 3 is 2.57 bits per heavy atom. The molecule has 3 rings (SSSR count). The molecular weight excluding hydrogens is 490 g/mol. The number of ketones is 1. The van der Waals surface area contributed by atoms with Gasteiger partial charge in [-0.05, 0) is 38.7 Å². The van der Waals surface area contributed by atoms with Crippen LogP contribution in [0.25, 0.3) is 6.08 Å². The van der Waals surface area contributed by atoms with Gasteiger partial charge in [0.15, 0.2) is 0 Å². The molecule has 0 amide bonds. The predicted molar refractivity (Wildman–Crippen MR) is 136 cm³/mol. The highest BCUT2D eigenvalue weighted by Crippen LogP contribution is 2.45. The second-order valence-corrected chi connectivity index (χ2v) is 12.4. The average molecular weight is 528 g/mol. The summed E-state index contributed by atoms with van der Waals surface area (Å²) < 4.78 is 11.7. The van der Waals surface area contributed by atoms with Gasteiger partial charge in [0.2, 0.25) is 0 Å². The van der Waals surface area contributed by atoms with Crippen molar-refractivity contribution in [1.29, 1.82) is 0 Å². The number of fused-ring (bicyclic) bond motifs is 1. The Morgan fingerprint density at radius 2 is 1.94 bits per heavy atom. The lowest BCUT2D eigenvalue weighted by Crippen LogP contribution is -2.45. The Balaban J connectivity index is 1.85. The largest absolute Gasteiger partial charge is 0.456 e. The first-order valence-corrected chi connectivity index (χ1v) is 13.6. The van der Waals surface area contributed by atoms with E-state index in [0.717, 1.165) is 24.3 Å². The van der Waals surface area contributed by atoms with Gasteiger partial charge in [-0.2, -0.15) is 0 Å². The van der Waals surface area contributed by atoms with Crippen LogP contribution in [0.15, 0.2) is 10.4 Å². The smallest absolute Gasteiger partial charge is 0.309 e. The standard InChI is InChI=1S/C26H38ClNO6S/c1-14-8-7-9-26(6)21(34-26)11-19(18(27)10-17-13-35-16(3)28-17)33-22(30)12-20(29)25(4,5)24(32)15(2)23(14)31/h10,13-15,19-21,23,29,31H,7-9,11-12H2,1-6H3/t14-,15+,19-,20-,21-,23-,26-/m0/s1. The van der Waals surface area contributed by atoms with Crippen LogP contribution in [0.4, 0.5) is 0 Å². The number of cyclic esters (lactones) is 1. The topological polar surface area (TPSA) is 109 Å². The molecule has 7 nitrogen and oxygen atoms in total. The van der Waals surface area contributed by atoms with Gasteiger partial charge in [0, 0.05) is 17.7 Å². The minimum Gasteiger partial charge on any atom is -0.456 e. The molecule has 2 aliphatic heterocycles. The molecule has 0 bridgehead atoms. The molecule has 9 heteroatoms. The molecule has 1 aromatic heterocycles. The van der Waals surface area contributed by atoms with E-state index in [1.807, 2.05) is 26.2 Å². The number of thiazole rings is 1. The molecule has 2 saturated heterocycles. The summed E-state index contributed by atoms with van der Waals surface area (Å²) in [6.45, 7) is 10.7. The summed E-state index contributed by atoms with van der Waals surface area (Å²) in [5.41, 5.74) is -0.904. The Kier molecular flexibility index (Phi) is 8.86. The number of aliphatic hydroxyl groups is 2. The van der Waals surface area contributed by atoms with Gasteiger partial charge in [-0.25, -0.2) is 4.98 Å². The number of aliphatic hydroxyl groups excluding tert-OH is 2. The van der Waals surface area contributed by atoms with Crippen LogP contribution in [-0.2, 0) is 19.1 Å². The van der Waals surface area contributed by atoms with Crippen molar-refractivity contribution >= 4 is 40.8 Å². The van der Waals surface area contributed by atoms with Gasteiger partial charge < -0.3 is 19.7 Å². The number of rotatable bonds is 2. The van der Waals surface area contributed by atoms with E-state index in [-0.39, 0.29) is 29.8 Å². The van der Waals surface area contributed by atoms with Gasteiger partial charge in [0.25, 0.3) is 0 Å². The zero-order chi connectivity index (χ0) is 26.1. The van der Waals surface area contributed by atoms with E-state index < -0.39 is 35.6 Å². The van der Waals surface area contributed by atoms with Crippen molar-refractivity contribution in [3.63, 3.8) is 0 Å². The molecular formula is C26H38ClNO6S. The quantitative estimate of drug-likeness (QED) is 0.425. The number of aromatic nitrogens is 1. The van der Waals surface area contributed by atoms with E-state index in [1.165, 1.54) is 11.3 Å². The van der Waals surface area contributed by atoms with Crippen molar-refractivity contribution in [2.24, 2.45) is 17.3 Å². The van der Waals surface area contributed by atoms with Crippen LogP contribution in [0.3, 0.4) is 0 Å². The van der Waals surface area contributed by atoms with Crippen LogP contribution < -0.4 is 0 Å². The normalized spacial score (nSPS) is 37.5. The molecule has 196 valence electrons. The number of nitrogens with zero attached hydrogens (tertiary/aromatic N) is 1. The van der Waals surface area contributed by atoms with Crippen molar-refractivity contribution in [1.82, 2.24) is 4.98 Å². The van der Waals surface area contributed by atoms with Gasteiger partial charge in [0.05, 0.1) is 51.5 Å². The van der Waals surface area contributed by atoms with E-state index in [1.54, 1.807) is 26.8 Å². The minimum absolute atomic E-state index is 0.0905. The fourth-order valence-electron chi connectivity index (χ4n) is 4.86. The maximum absolute atomic E-state index is 13.2. The lowest BCUT2D eigenvalue weighted by molar-refractivity contribution is -0.154. The number of halogens is 1. The van der Waals surface area contributed by atoms with Gasteiger partial charge in [-0.15, -0.1) is 11.3 Å². The number of hydrogen-bond donors (Lipinski definition) is 2. The third-order valence-electron chi connectivity index (χ3n) is 7.64. The van der Waals surface area contributed by atoms with Crippen molar-refractivity contribution < 1.29 is 29.3 Å². The van der Waals surface area contributed by atoms with Crippen LogP contribution in [0.2, 0.25) is 0 Å². The summed E-state index contributed by atoms with van der Waals surface area (Å²) in [6.07, 6.45) is 1.08. The fourth-order valence-corrected chi connectivity index (χ4v) is 5.68. The predicted octanol–water partition coefficient (Wildman–Crippen LogP) is 4.65. The number of epoxide rings is 1. The number of Topliss-reactive ketones (excluding diaryl/α,β-unsaturated/α-hetero) is 1. The van der Waals surface area contributed by atoms with Crippen molar-refractivity contribution in [3.05, 3.63) is 21.1 Å². The Labute approximate surface area is 216 Å². The molecule has 0 aliphatic carbocycles. The van der Waals surface area contributed by atoms with E-state index in [2.05, 4.69) is 4.98 Å². The molecule has 2 aliphatic rings. The van der Waals surface area contributed by atoms with E-state index >= 15 is 0 Å². The summed E-state index contributed by atoms with van der Waals surface area (Å²) in [5.74, 6) is -1.70. The molecule has 0 unspecified atom stereocenters. The van der Waals surface area contributed by atoms with Crippen LogP contribution in [0.5, 0.6) is 0 Å². The van der Waals surface area contributed by atoms with Crippen molar-refractivity contribution in [2.75, 3.05) is 0 Å². The van der Waals surface area contributed by atoms with Crippen LogP contribution in [0.1, 0.15) is 77.4 Å². The number of carbonyl (C=O) groups is 2. The van der Waals surface area contributed by atoms with Gasteiger partial charge in [-0.1, -0.05) is 45.7 Å². The second kappa shape index (κ2) is 11.0. The zero-order valence-electron chi connectivity index (χ0n) is 21.4. The van der Waals surface area contributed by atoms with Crippen LogP contribution in [-0.4, -0.2) is 57.0 Å². The number of esters is 1. The van der Waals surface area contributed by atoms with E-state index in [4.69, 9.17) is 21.1 Å². The third kappa shape index (κ3) is 6.72. The lowest BCUT2D eigenvalue weighted by atomic mass is 9.73. The van der Waals surface area contributed by atoms with Gasteiger partial charge >= 0.3 is 5.97 Å². The van der Waals surface area contributed by atoms with Crippen molar-refractivity contribution in [2.45, 2.75) is 104 Å². The lowest BCUT2D eigenvalue weighted by Gasteiger charge is -2.34.